The number of fused-ring (bicyclic) bond motifs is 1. The lowest BCUT2D eigenvalue weighted by atomic mass is 10.1. The summed E-state index contributed by atoms with van der Waals surface area (Å²) in [6.45, 7) is 1.92. The van der Waals surface area contributed by atoms with Gasteiger partial charge in [0.2, 0.25) is 5.91 Å². The summed E-state index contributed by atoms with van der Waals surface area (Å²) < 4.78 is 10.9. The minimum atomic E-state index is -0.221. The van der Waals surface area contributed by atoms with E-state index in [4.69, 9.17) is 9.15 Å². The Labute approximate surface area is 151 Å². The molecular weight excluding hydrogens is 332 g/mol. The van der Waals surface area contributed by atoms with E-state index in [1.54, 1.807) is 37.6 Å². The maximum absolute atomic E-state index is 12.4. The SMILES string of the molecule is CNC(=O)COc1cccc(NC(=O)Cc2coc3cc(C)ccc23)c1. The lowest BCUT2D eigenvalue weighted by Gasteiger charge is -2.08. The Balaban J connectivity index is 1.65. The second-order valence-corrected chi connectivity index (χ2v) is 5.98. The number of furan rings is 1. The van der Waals surface area contributed by atoms with Gasteiger partial charge in [-0.25, -0.2) is 0 Å². The molecule has 0 spiro atoms. The highest BCUT2D eigenvalue weighted by molar-refractivity contribution is 5.95. The molecule has 1 aromatic heterocycles. The first-order valence-electron chi connectivity index (χ1n) is 8.25. The summed E-state index contributed by atoms with van der Waals surface area (Å²) in [5, 5.41) is 6.26. The average molecular weight is 352 g/mol. The van der Waals surface area contributed by atoms with Crippen molar-refractivity contribution in [3.05, 3.63) is 59.9 Å². The Morgan fingerprint density at radius 3 is 2.77 bits per heavy atom. The molecule has 0 aliphatic heterocycles. The molecule has 0 atom stereocenters. The molecule has 3 aromatic rings. The molecule has 0 fully saturated rings. The molecule has 134 valence electrons. The summed E-state index contributed by atoms with van der Waals surface area (Å²) >= 11 is 0. The predicted molar refractivity (Wildman–Crippen MR) is 99.3 cm³/mol. The number of amides is 2. The third-order valence-corrected chi connectivity index (χ3v) is 3.93. The Morgan fingerprint density at radius 2 is 1.96 bits per heavy atom. The smallest absolute Gasteiger partial charge is 0.257 e. The molecule has 3 rings (SSSR count). The van der Waals surface area contributed by atoms with Gasteiger partial charge in [-0.2, -0.15) is 0 Å². The number of anilines is 1. The van der Waals surface area contributed by atoms with Gasteiger partial charge in [-0.3, -0.25) is 9.59 Å². The standard InChI is InChI=1S/C20H20N2O4/c1-13-6-7-17-14(11-26-18(17)8-13)9-19(23)22-15-4-3-5-16(10-15)25-12-20(24)21-2/h3-8,10-11H,9,12H2,1-2H3,(H,21,24)(H,22,23). The number of ether oxygens (including phenoxy) is 1. The number of benzene rings is 2. The van der Waals surface area contributed by atoms with Crippen LogP contribution in [0.1, 0.15) is 11.1 Å². The van der Waals surface area contributed by atoms with Crippen molar-refractivity contribution in [2.24, 2.45) is 0 Å². The van der Waals surface area contributed by atoms with Gasteiger partial charge in [-0.15, -0.1) is 0 Å². The highest BCUT2D eigenvalue weighted by Crippen LogP contribution is 2.23. The molecule has 0 saturated carbocycles. The topological polar surface area (TPSA) is 80.6 Å². The first kappa shape index (κ1) is 17.5. The first-order valence-corrected chi connectivity index (χ1v) is 8.25. The van der Waals surface area contributed by atoms with Gasteiger partial charge in [-0.1, -0.05) is 18.2 Å². The Hall–Kier alpha value is -3.28. The second kappa shape index (κ2) is 7.74. The van der Waals surface area contributed by atoms with E-state index in [2.05, 4.69) is 10.6 Å². The number of carbonyl (C=O) groups excluding carboxylic acids is 2. The van der Waals surface area contributed by atoms with E-state index in [0.29, 0.717) is 11.4 Å². The number of aryl methyl sites for hydroxylation is 1. The van der Waals surface area contributed by atoms with Gasteiger partial charge >= 0.3 is 0 Å². The van der Waals surface area contributed by atoms with Gasteiger partial charge in [0.25, 0.3) is 5.91 Å². The van der Waals surface area contributed by atoms with Crippen LogP contribution < -0.4 is 15.4 Å². The van der Waals surface area contributed by atoms with Crippen molar-refractivity contribution in [3.8, 4) is 5.75 Å². The summed E-state index contributed by atoms with van der Waals surface area (Å²) in [6, 6.07) is 12.8. The molecule has 2 N–H and O–H groups in total. The maximum atomic E-state index is 12.4. The van der Waals surface area contributed by atoms with Gasteiger partial charge in [0, 0.05) is 29.8 Å². The van der Waals surface area contributed by atoms with Crippen molar-refractivity contribution < 1.29 is 18.7 Å². The lowest BCUT2D eigenvalue weighted by molar-refractivity contribution is -0.122. The van der Waals surface area contributed by atoms with Crippen LogP contribution in [0, 0.1) is 6.92 Å². The van der Waals surface area contributed by atoms with Crippen LogP contribution in [0.2, 0.25) is 0 Å². The summed E-state index contributed by atoms with van der Waals surface area (Å²) in [5.41, 5.74) is 3.33. The van der Waals surface area contributed by atoms with Crippen molar-refractivity contribution in [1.29, 1.82) is 0 Å². The molecule has 6 nitrogen and oxygen atoms in total. The fourth-order valence-corrected chi connectivity index (χ4v) is 2.59. The van der Waals surface area contributed by atoms with Crippen molar-refractivity contribution in [1.82, 2.24) is 5.32 Å². The van der Waals surface area contributed by atoms with Crippen LogP contribution in [-0.4, -0.2) is 25.5 Å². The highest BCUT2D eigenvalue weighted by Gasteiger charge is 2.11. The molecule has 1 heterocycles. The van der Waals surface area contributed by atoms with E-state index in [9.17, 15) is 9.59 Å². The fourth-order valence-electron chi connectivity index (χ4n) is 2.59. The average Bonchev–Trinajstić information content (AvgIpc) is 3.01. The molecule has 2 aromatic carbocycles. The molecule has 0 unspecified atom stereocenters. The monoisotopic (exact) mass is 352 g/mol. The van der Waals surface area contributed by atoms with E-state index in [0.717, 1.165) is 22.1 Å². The quantitative estimate of drug-likeness (QED) is 0.714. The van der Waals surface area contributed by atoms with Gasteiger partial charge in [0.1, 0.15) is 11.3 Å². The number of rotatable bonds is 6. The van der Waals surface area contributed by atoms with Crippen LogP contribution in [0.15, 0.2) is 53.1 Å². The van der Waals surface area contributed by atoms with Crippen LogP contribution in [0.5, 0.6) is 5.75 Å². The molecule has 0 aliphatic carbocycles. The minimum absolute atomic E-state index is 0.0751. The molecule has 2 amide bonds. The van der Waals surface area contributed by atoms with E-state index < -0.39 is 0 Å². The third-order valence-electron chi connectivity index (χ3n) is 3.93. The van der Waals surface area contributed by atoms with Crippen molar-refractivity contribution in [2.45, 2.75) is 13.3 Å². The molecule has 6 heteroatoms. The predicted octanol–water partition coefficient (Wildman–Crippen LogP) is 3.05. The van der Waals surface area contributed by atoms with Crippen LogP contribution in [0.3, 0.4) is 0 Å². The number of hydrogen-bond donors (Lipinski definition) is 2. The van der Waals surface area contributed by atoms with E-state index in [1.807, 2.05) is 25.1 Å². The van der Waals surface area contributed by atoms with Crippen LogP contribution in [0.25, 0.3) is 11.0 Å². The summed E-state index contributed by atoms with van der Waals surface area (Å²) in [7, 11) is 1.54. The fraction of sp³-hybridized carbons (Fsp3) is 0.200. The largest absolute Gasteiger partial charge is 0.484 e. The van der Waals surface area contributed by atoms with E-state index in [-0.39, 0.29) is 24.8 Å². The minimum Gasteiger partial charge on any atom is -0.484 e. The van der Waals surface area contributed by atoms with Gasteiger partial charge < -0.3 is 19.8 Å². The lowest BCUT2D eigenvalue weighted by Crippen LogP contribution is -2.24. The molecule has 0 saturated heterocycles. The Kier molecular flexibility index (Phi) is 5.22. The molecule has 26 heavy (non-hydrogen) atoms. The molecule has 0 radical (unpaired) electrons. The zero-order chi connectivity index (χ0) is 18.5. The Bertz CT molecular complexity index is 946. The van der Waals surface area contributed by atoms with Gasteiger partial charge in [0.05, 0.1) is 12.7 Å². The molecular formula is C20H20N2O4. The van der Waals surface area contributed by atoms with Crippen LogP contribution in [0.4, 0.5) is 5.69 Å². The van der Waals surface area contributed by atoms with Crippen molar-refractivity contribution in [2.75, 3.05) is 19.0 Å². The summed E-state index contributed by atoms with van der Waals surface area (Å²) in [5.74, 6) is 0.133. The van der Waals surface area contributed by atoms with Crippen LogP contribution in [-0.2, 0) is 16.0 Å². The first-order chi connectivity index (χ1) is 12.5. The summed E-state index contributed by atoms with van der Waals surface area (Å²) in [4.78, 5) is 23.6. The Morgan fingerprint density at radius 1 is 1.12 bits per heavy atom. The third kappa shape index (κ3) is 4.22. The van der Waals surface area contributed by atoms with Gasteiger partial charge in [0.15, 0.2) is 6.61 Å². The zero-order valence-electron chi connectivity index (χ0n) is 14.7. The normalized spacial score (nSPS) is 10.5. The van der Waals surface area contributed by atoms with Crippen LogP contribution >= 0.6 is 0 Å². The van der Waals surface area contributed by atoms with Gasteiger partial charge in [-0.05, 0) is 30.7 Å². The maximum Gasteiger partial charge on any atom is 0.257 e. The number of hydrogen-bond acceptors (Lipinski definition) is 4. The second-order valence-electron chi connectivity index (χ2n) is 5.98. The zero-order valence-corrected chi connectivity index (χ0v) is 14.7. The van der Waals surface area contributed by atoms with E-state index in [1.165, 1.54) is 0 Å². The van der Waals surface area contributed by atoms with E-state index >= 15 is 0 Å². The summed E-state index contributed by atoms with van der Waals surface area (Å²) in [6.07, 6.45) is 1.83. The number of likely N-dealkylation sites (N-methyl/N-ethyl adjacent to an activating group) is 1. The van der Waals surface area contributed by atoms with Crippen molar-refractivity contribution >= 4 is 28.5 Å². The number of nitrogens with one attached hydrogen (secondary N) is 2. The molecule has 0 aliphatic rings. The highest BCUT2D eigenvalue weighted by atomic mass is 16.5. The number of carbonyl (C=O) groups is 2. The molecule has 0 bridgehead atoms. The van der Waals surface area contributed by atoms with Crippen molar-refractivity contribution in [3.63, 3.8) is 0 Å².